The zero-order valence-electron chi connectivity index (χ0n) is 3.89. The van der Waals surface area contributed by atoms with Gasteiger partial charge in [-0.2, -0.15) is 0 Å². The van der Waals surface area contributed by atoms with Crippen LogP contribution >= 0.6 is 0 Å². The van der Waals surface area contributed by atoms with Gasteiger partial charge in [0.1, 0.15) is 5.70 Å². The third kappa shape index (κ3) is 0.538. The molecule has 4 N–H and O–H groups in total. The lowest BCUT2D eigenvalue weighted by atomic mass is 10.4. The molecule has 0 bridgehead atoms. The Labute approximate surface area is 41.8 Å². The topological polar surface area (TPSA) is 51.6 Å². The van der Waals surface area contributed by atoms with E-state index in [4.69, 9.17) is 11.1 Å². The van der Waals surface area contributed by atoms with Crippen molar-refractivity contribution in [2.45, 2.75) is 0 Å². The van der Waals surface area contributed by atoms with Crippen molar-refractivity contribution in [3.8, 4) is 0 Å². The van der Waals surface area contributed by atoms with Crippen LogP contribution in [0.1, 0.15) is 0 Å². The highest BCUT2D eigenvalue weighted by Gasteiger charge is 2.03. The first-order valence-corrected chi connectivity index (χ1v) is 2.07. The van der Waals surface area contributed by atoms with E-state index in [0.29, 0.717) is 11.4 Å². The van der Waals surface area contributed by atoms with E-state index in [0.717, 1.165) is 0 Å². The lowest BCUT2D eigenvalue weighted by molar-refractivity contribution is -0.111. The van der Waals surface area contributed by atoms with Crippen LogP contribution in [-0.2, 0) is 0 Å². The summed E-state index contributed by atoms with van der Waals surface area (Å²) in [5.41, 5.74) is 6.65. The Morgan fingerprint density at radius 3 is 2.43 bits per heavy atom. The minimum Gasteiger partial charge on any atom is -0.393 e. The Bertz CT molecular complexity index is 153. The Morgan fingerprint density at radius 1 is 1.57 bits per heavy atom. The molecule has 0 heterocycles. The SMILES string of the molecule is NC1=CC=CC1=[NH2+]. The molecule has 36 valence electrons. The van der Waals surface area contributed by atoms with Crippen molar-refractivity contribution in [2.24, 2.45) is 5.73 Å². The van der Waals surface area contributed by atoms with Crippen LogP contribution in [0.15, 0.2) is 23.9 Å². The van der Waals surface area contributed by atoms with Crippen LogP contribution in [0.25, 0.3) is 0 Å². The molecule has 2 nitrogen and oxygen atoms in total. The highest BCUT2D eigenvalue weighted by molar-refractivity contribution is 6.05. The average Bonchev–Trinajstić information content (AvgIpc) is 1.91. The normalized spacial score (nSPS) is 17.7. The smallest absolute Gasteiger partial charge is 0.219 e. The van der Waals surface area contributed by atoms with Gasteiger partial charge in [-0.3, -0.25) is 5.41 Å². The van der Waals surface area contributed by atoms with Crippen LogP contribution in [0.4, 0.5) is 0 Å². The Hall–Kier alpha value is -1.05. The number of rotatable bonds is 0. The number of allylic oxidation sites excluding steroid dienone is 3. The third-order valence-electron chi connectivity index (χ3n) is 0.885. The van der Waals surface area contributed by atoms with Crippen molar-refractivity contribution < 1.29 is 5.41 Å². The highest BCUT2D eigenvalue weighted by Crippen LogP contribution is 1.94. The summed E-state index contributed by atoms with van der Waals surface area (Å²) < 4.78 is 0. The summed E-state index contributed by atoms with van der Waals surface area (Å²) >= 11 is 0. The Balaban J connectivity index is 2.89. The van der Waals surface area contributed by atoms with E-state index in [1.807, 2.05) is 6.08 Å². The van der Waals surface area contributed by atoms with Crippen molar-refractivity contribution in [2.75, 3.05) is 0 Å². The quantitative estimate of drug-likeness (QED) is 0.382. The van der Waals surface area contributed by atoms with Crippen LogP contribution in [0.2, 0.25) is 0 Å². The van der Waals surface area contributed by atoms with E-state index in [9.17, 15) is 0 Å². The number of nitrogens with two attached hydrogens (primary N) is 2. The second-order valence-electron chi connectivity index (χ2n) is 1.44. The predicted molar refractivity (Wildman–Crippen MR) is 28.3 cm³/mol. The average molecular weight is 95.1 g/mol. The molecule has 0 saturated heterocycles. The highest BCUT2D eigenvalue weighted by atomic mass is 14.6. The summed E-state index contributed by atoms with van der Waals surface area (Å²) in [4.78, 5) is 0. The zero-order chi connectivity index (χ0) is 5.28. The molecule has 0 radical (unpaired) electrons. The lowest BCUT2D eigenvalue weighted by Gasteiger charge is -1.79. The minimum absolute atomic E-state index is 0.667. The molecule has 7 heavy (non-hydrogen) atoms. The molecular weight excluding hydrogens is 88.1 g/mol. The lowest BCUT2D eigenvalue weighted by Crippen LogP contribution is -2.40. The first-order valence-electron chi connectivity index (χ1n) is 2.07. The molecule has 0 saturated carbocycles. The monoisotopic (exact) mass is 95.1 g/mol. The molecule has 0 aliphatic heterocycles. The van der Waals surface area contributed by atoms with Gasteiger partial charge in [0.15, 0.2) is 0 Å². The minimum atomic E-state index is 0.667. The van der Waals surface area contributed by atoms with Crippen LogP contribution < -0.4 is 11.1 Å². The molecule has 1 rings (SSSR count). The molecule has 0 spiro atoms. The molecule has 0 fully saturated rings. The largest absolute Gasteiger partial charge is 0.393 e. The third-order valence-corrected chi connectivity index (χ3v) is 0.885. The summed E-state index contributed by atoms with van der Waals surface area (Å²) in [5, 5.41) is 5.31. The standard InChI is InChI=1S/C5H6N2/c6-4-2-1-3-5(4)7/h1-3H,(H3,6,7)/p+1. The summed E-state index contributed by atoms with van der Waals surface area (Å²) in [7, 11) is 0. The molecule has 0 unspecified atom stereocenters. The Kier molecular flexibility index (Phi) is 0.719. The van der Waals surface area contributed by atoms with Gasteiger partial charge in [-0.15, -0.1) is 0 Å². The summed E-state index contributed by atoms with van der Waals surface area (Å²) in [6.07, 6.45) is 5.37. The van der Waals surface area contributed by atoms with Gasteiger partial charge in [0, 0.05) is 6.08 Å². The van der Waals surface area contributed by atoms with Crippen molar-refractivity contribution in [3.63, 3.8) is 0 Å². The van der Waals surface area contributed by atoms with Gasteiger partial charge in [0.2, 0.25) is 5.71 Å². The van der Waals surface area contributed by atoms with Crippen LogP contribution in [0, 0.1) is 0 Å². The van der Waals surface area contributed by atoms with Gasteiger partial charge in [-0.25, -0.2) is 0 Å². The molecule has 0 atom stereocenters. The molecule has 1 aliphatic rings. The zero-order valence-corrected chi connectivity index (χ0v) is 3.89. The Morgan fingerprint density at radius 2 is 2.29 bits per heavy atom. The maximum Gasteiger partial charge on any atom is 0.219 e. The van der Waals surface area contributed by atoms with E-state index in [-0.39, 0.29) is 0 Å². The van der Waals surface area contributed by atoms with E-state index in [1.54, 1.807) is 12.2 Å². The molecule has 0 aromatic rings. The predicted octanol–water partition coefficient (Wildman–Crippen LogP) is -1.40. The maximum absolute atomic E-state index is 5.31. The van der Waals surface area contributed by atoms with Crippen molar-refractivity contribution in [3.05, 3.63) is 23.9 Å². The molecule has 1 aliphatic carbocycles. The van der Waals surface area contributed by atoms with Crippen molar-refractivity contribution in [1.29, 1.82) is 0 Å². The summed E-state index contributed by atoms with van der Waals surface area (Å²) in [6.45, 7) is 0. The van der Waals surface area contributed by atoms with Gasteiger partial charge in [0.05, 0.1) is 0 Å². The second kappa shape index (κ2) is 1.22. The fourth-order valence-corrected chi connectivity index (χ4v) is 0.448. The maximum atomic E-state index is 5.31. The van der Waals surface area contributed by atoms with Crippen molar-refractivity contribution in [1.82, 2.24) is 0 Å². The fourth-order valence-electron chi connectivity index (χ4n) is 0.448. The van der Waals surface area contributed by atoms with Crippen molar-refractivity contribution >= 4 is 5.71 Å². The second-order valence-corrected chi connectivity index (χ2v) is 1.44. The van der Waals surface area contributed by atoms with Gasteiger partial charge in [0.25, 0.3) is 0 Å². The molecule has 0 aromatic heterocycles. The fraction of sp³-hybridized carbons (Fsp3) is 0. The first-order chi connectivity index (χ1) is 3.30. The molecule has 2 heteroatoms. The van der Waals surface area contributed by atoms with Gasteiger partial charge in [-0.05, 0) is 6.08 Å². The van der Waals surface area contributed by atoms with Crippen LogP contribution in [0.5, 0.6) is 0 Å². The summed E-state index contributed by atoms with van der Waals surface area (Å²) in [5.74, 6) is 0. The molecule has 0 aromatic carbocycles. The number of hydrogen-bond donors (Lipinski definition) is 2. The molecular formula is C5H7N2+. The van der Waals surface area contributed by atoms with Crippen LogP contribution in [-0.4, -0.2) is 5.71 Å². The van der Waals surface area contributed by atoms with Gasteiger partial charge < -0.3 is 5.73 Å². The van der Waals surface area contributed by atoms with E-state index in [2.05, 4.69) is 0 Å². The first kappa shape index (κ1) is 4.12. The summed E-state index contributed by atoms with van der Waals surface area (Å²) in [6, 6.07) is 0. The van der Waals surface area contributed by atoms with Gasteiger partial charge in [-0.1, -0.05) is 6.08 Å². The molecule has 0 amide bonds. The number of hydrogen-bond acceptors (Lipinski definition) is 1. The van der Waals surface area contributed by atoms with E-state index in [1.165, 1.54) is 0 Å². The van der Waals surface area contributed by atoms with E-state index >= 15 is 0 Å². The van der Waals surface area contributed by atoms with Crippen LogP contribution in [0.3, 0.4) is 0 Å². The van der Waals surface area contributed by atoms with E-state index < -0.39 is 0 Å². The van der Waals surface area contributed by atoms with Gasteiger partial charge >= 0.3 is 0 Å².